The summed E-state index contributed by atoms with van der Waals surface area (Å²) in [5.74, 6) is 0.316. The van der Waals surface area contributed by atoms with Crippen molar-refractivity contribution in [2.45, 2.75) is 44.3 Å². The molecule has 2 heterocycles. The van der Waals surface area contributed by atoms with Crippen LogP contribution in [0.1, 0.15) is 32.1 Å². The molecule has 0 radical (unpaired) electrons. The standard InChI is InChI=1S/C11H18BrNO2/c12-6-2-1-3-11(14)13-7-9-4-5-10(8-13)15-9/h9-10H,1-8H2. The first kappa shape index (κ1) is 11.4. The summed E-state index contributed by atoms with van der Waals surface area (Å²) in [6.07, 6.45) is 5.70. The molecule has 2 fully saturated rings. The smallest absolute Gasteiger partial charge is 0.222 e. The fraction of sp³-hybridized carbons (Fsp3) is 0.909. The van der Waals surface area contributed by atoms with Gasteiger partial charge in [0.25, 0.3) is 0 Å². The lowest BCUT2D eigenvalue weighted by Crippen LogP contribution is -2.45. The van der Waals surface area contributed by atoms with E-state index in [9.17, 15) is 4.79 Å². The highest BCUT2D eigenvalue weighted by atomic mass is 79.9. The maximum Gasteiger partial charge on any atom is 0.222 e. The topological polar surface area (TPSA) is 29.5 Å². The predicted octanol–water partition coefficient (Wildman–Crippen LogP) is 1.94. The van der Waals surface area contributed by atoms with E-state index in [1.165, 1.54) is 0 Å². The van der Waals surface area contributed by atoms with Crippen molar-refractivity contribution in [3.8, 4) is 0 Å². The average Bonchev–Trinajstić information content (AvgIpc) is 2.58. The molecule has 2 unspecified atom stereocenters. The van der Waals surface area contributed by atoms with Crippen LogP contribution in [0.25, 0.3) is 0 Å². The number of amides is 1. The molecule has 15 heavy (non-hydrogen) atoms. The Morgan fingerprint density at radius 3 is 2.53 bits per heavy atom. The predicted molar refractivity (Wildman–Crippen MR) is 62.1 cm³/mol. The summed E-state index contributed by atoms with van der Waals surface area (Å²) in [6.45, 7) is 1.65. The van der Waals surface area contributed by atoms with Crippen molar-refractivity contribution in [1.82, 2.24) is 4.90 Å². The molecule has 2 rings (SSSR count). The minimum atomic E-state index is 0.316. The average molecular weight is 276 g/mol. The SMILES string of the molecule is O=C(CCCCBr)N1CC2CCC(C1)O2. The van der Waals surface area contributed by atoms with Crippen molar-refractivity contribution in [3.63, 3.8) is 0 Å². The number of hydrogen-bond acceptors (Lipinski definition) is 2. The number of nitrogens with zero attached hydrogens (tertiary/aromatic N) is 1. The van der Waals surface area contributed by atoms with Crippen LogP contribution in [0.3, 0.4) is 0 Å². The zero-order valence-electron chi connectivity index (χ0n) is 8.95. The van der Waals surface area contributed by atoms with Gasteiger partial charge in [0.05, 0.1) is 12.2 Å². The van der Waals surface area contributed by atoms with Gasteiger partial charge in [0, 0.05) is 24.8 Å². The van der Waals surface area contributed by atoms with Gasteiger partial charge in [-0.2, -0.15) is 0 Å². The van der Waals surface area contributed by atoms with Gasteiger partial charge in [-0.25, -0.2) is 0 Å². The number of rotatable bonds is 4. The van der Waals surface area contributed by atoms with Crippen LogP contribution in [0.4, 0.5) is 0 Å². The Balaban J connectivity index is 1.76. The number of ether oxygens (including phenoxy) is 1. The molecule has 0 aliphatic carbocycles. The Hall–Kier alpha value is -0.0900. The Labute approximate surface area is 99.3 Å². The summed E-state index contributed by atoms with van der Waals surface area (Å²) >= 11 is 3.38. The normalized spacial score (nSPS) is 29.5. The Bertz CT molecular complexity index is 223. The Kier molecular flexibility index (Phi) is 4.03. The van der Waals surface area contributed by atoms with Crippen LogP contribution in [-0.4, -0.2) is 41.4 Å². The third kappa shape index (κ3) is 2.94. The largest absolute Gasteiger partial charge is 0.371 e. The van der Waals surface area contributed by atoms with Gasteiger partial charge in [0.1, 0.15) is 0 Å². The first-order valence-corrected chi connectivity index (χ1v) is 6.91. The van der Waals surface area contributed by atoms with Crippen molar-refractivity contribution in [1.29, 1.82) is 0 Å². The van der Waals surface area contributed by atoms with Crippen molar-refractivity contribution in [3.05, 3.63) is 0 Å². The molecule has 0 saturated carbocycles. The monoisotopic (exact) mass is 275 g/mol. The van der Waals surface area contributed by atoms with E-state index in [2.05, 4.69) is 15.9 Å². The van der Waals surface area contributed by atoms with E-state index < -0.39 is 0 Å². The summed E-state index contributed by atoms with van der Waals surface area (Å²) in [4.78, 5) is 13.8. The van der Waals surface area contributed by atoms with Crippen LogP contribution in [0, 0.1) is 0 Å². The summed E-state index contributed by atoms with van der Waals surface area (Å²) < 4.78 is 5.70. The van der Waals surface area contributed by atoms with Crippen molar-refractivity contribution in [2.24, 2.45) is 0 Å². The maximum absolute atomic E-state index is 11.8. The zero-order valence-corrected chi connectivity index (χ0v) is 10.5. The molecule has 2 bridgehead atoms. The molecule has 2 aliphatic rings. The molecule has 0 N–H and O–H groups in total. The number of hydrogen-bond donors (Lipinski definition) is 0. The number of carbonyl (C=O) groups is 1. The van der Waals surface area contributed by atoms with E-state index >= 15 is 0 Å². The van der Waals surface area contributed by atoms with Crippen LogP contribution >= 0.6 is 15.9 Å². The number of likely N-dealkylation sites (tertiary alicyclic amines) is 1. The second-order valence-electron chi connectivity index (χ2n) is 4.40. The Morgan fingerprint density at radius 2 is 1.93 bits per heavy atom. The first-order chi connectivity index (χ1) is 7.29. The van der Waals surface area contributed by atoms with Crippen molar-refractivity contribution >= 4 is 21.8 Å². The number of carbonyl (C=O) groups excluding carboxylic acids is 1. The number of unbranched alkanes of at least 4 members (excludes halogenated alkanes) is 1. The van der Waals surface area contributed by atoms with Gasteiger partial charge < -0.3 is 9.64 Å². The summed E-state index contributed by atoms with van der Waals surface area (Å²) in [5.41, 5.74) is 0. The lowest BCUT2D eigenvalue weighted by atomic mass is 10.2. The molecular weight excluding hydrogens is 258 g/mol. The molecule has 0 spiro atoms. The third-order valence-corrected chi connectivity index (χ3v) is 3.73. The van der Waals surface area contributed by atoms with Crippen LogP contribution in [0.5, 0.6) is 0 Å². The van der Waals surface area contributed by atoms with Gasteiger partial charge in [-0.3, -0.25) is 4.79 Å². The highest BCUT2D eigenvalue weighted by Gasteiger charge is 2.35. The van der Waals surface area contributed by atoms with Crippen molar-refractivity contribution < 1.29 is 9.53 Å². The molecule has 2 atom stereocenters. The van der Waals surface area contributed by atoms with E-state index in [4.69, 9.17) is 4.74 Å². The summed E-state index contributed by atoms with van der Waals surface area (Å²) in [5, 5.41) is 0.995. The highest BCUT2D eigenvalue weighted by molar-refractivity contribution is 9.09. The van der Waals surface area contributed by atoms with Gasteiger partial charge >= 0.3 is 0 Å². The minimum Gasteiger partial charge on any atom is -0.371 e. The zero-order chi connectivity index (χ0) is 10.7. The second kappa shape index (κ2) is 5.30. The quantitative estimate of drug-likeness (QED) is 0.580. The van der Waals surface area contributed by atoms with Gasteiger partial charge in [0.15, 0.2) is 0 Å². The van der Waals surface area contributed by atoms with Crippen LogP contribution < -0.4 is 0 Å². The molecule has 0 aromatic heterocycles. The van der Waals surface area contributed by atoms with Crippen LogP contribution in [0.15, 0.2) is 0 Å². The molecule has 2 saturated heterocycles. The van der Waals surface area contributed by atoms with Gasteiger partial charge in [-0.05, 0) is 25.7 Å². The number of halogens is 1. The first-order valence-electron chi connectivity index (χ1n) is 5.79. The molecule has 1 amide bonds. The highest BCUT2D eigenvalue weighted by Crippen LogP contribution is 2.26. The van der Waals surface area contributed by atoms with E-state index in [0.717, 1.165) is 44.1 Å². The van der Waals surface area contributed by atoms with E-state index in [-0.39, 0.29) is 0 Å². The molecule has 0 aromatic carbocycles. The second-order valence-corrected chi connectivity index (χ2v) is 5.20. The number of morpholine rings is 1. The molecule has 86 valence electrons. The summed E-state index contributed by atoms with van der Waals surface area (Å²) in [6, 6.07) is 0. The number of fused-ring (bicyclic) bond motifs is 2. The van der Waals surface area contributed by atoms with E-state index in [1.807, 2.05) is 4.90 Å². The lowest BCUT2D eigenvalue weighted by molar-refractivity contribution is -0.139. The third-order valence-electron chi connectivity index (χ3n) is 3.17. The van der Waals surface area contributed by atoms with Crippen molar-refractivity contribution in [2.75, 3.05) is 18.4 Å². The van der Waals surface area contributed by atoms with E-state index in [0.29, 0.717) is 24.5 Å². The fourth-order valence-electron chi connectivity index (χ4n) is 2.35. The van der Waals surface area contributed by atoms with E-state index in [1.54, 1.807) is 0 Å². The van der Waals surface area contributed by atoms with Crippen LogP contribution in [-0.2, 0) is 9.53 Å². The van der Waals surface area contributed by atoms with Gasteiger partial charge in [0.2, 0.25) is 5.91 Å². The number of alkyl halides is 1. The van der Waals surface area contributed by atoms with Gasteiger partial charge in [-0.15, -0.1) is 0 Å². The minimum absolute atomic E-state index is 0.316. The summed E-state index contributed by atoms with van der Waals surface area (Å²) in [7, 11) is 0. The molecule has 0 aromatic rings. The van der Waals surface area contributed by atoms with Gasteiger partial charge in [-0.1, -0.05) is 15.9 Å². The molecule has 2 aliphatic heterocycles. The Morgan fingerprint density at radius 1 is 1.27 bits per heavy atom. The fourth-order valence-corrected chi connectivity index (χ4v) is 2.74. The molecule has 4 heteroatoms. The molecule has 3 nitrogen and oxygen atoms in total. The lowest BCUT2D eigenvalue weighted by Gasteiger charge is -2.32. The van der Waals surface area contributed by atoms with Crippen LogP contribution in [0.2, 0.25) is 0 Å². The maximum atomic E-state index is 11.8. The molecular formula is C11H18BrNO2.